The Balaban J connectivity index is 1.85. The highest BCUT2D eigenvalue weighted by Crippen LogP contribution is 2.17. The van der Waals surface area contributed by atoms with Crippen LogP contribution in [0.25, 0.3) is 0 Å². The van der Waals surface area contributed by atoms with Crippen molar-refractivity contribution in [2.45, 2.75) is 44.7 Å². The highest BCUT2D eigenvalue weighted by atomic mass is 16.5. The summed E-state index contributed by atoms with van der Waals surface area (Å²) in [5.41, 5.74) is 0. The number of rotatable bonds is 5. The predicted molar refractivity (Wildman–Crippen MR) is 75.3 cm³/mol. The normalized spacial score (nSPS) is 23.9. The molecule has 6 heteroatoms. The SMILES string of the molecule is CCNC(=O)C1COCCN1C(=O)CNC1CCCC1. The Hall–Kier alpha value is -1.14. The van der Waals surface area contributed by atoms with E-state index in [2.05, 4.69) is 10.6 Å². The molecule has 0 aromatic rings. The second-order valence-corrected chi connectivity index (χ2v) is 5.43. The molecular formula is C14H25N3O3. The van der Waals surface area contributed by atoms with Gasteiger partial charge >= 0.3 is 0 Å². The van der Waals surface area contributed by atoms with Crippen LogP contribution < -0.4 is 10.6 Å². The van der Waals surface area contributed by atoms with Crippen molar-refractivity contribution >= 4 is 11.8 Å². The molecule has 1 aliphatic heterocycles. The number of carbonyl (C=O) groups excluding carboxylic acids is 2. The standard InChI is InChI=1S/C14H25N3O3/c1-2-15-14(19)12-10-20-8-7-17(12)13(18)9-16-11-5-3-4-6-11/h11-12,16H,2-10H2,1H3,(H,15,19). The van der Waals surface area contributed by atoms with Gasteiger partial charge in [0.15, 0.2) is 0 Å². The van der Waals surface area contributed by atoms with E-state index in [0.29, 0.717) is 38.9 Å². The average molecular weight is 283 g/mol. The van der Waals surface area contributed by atoms with Crippen LogP contribution in [0.2, 0.25) is 0 Å². The maximum atomic E-state index is 12.3. The van der Waals surface area contributed by atoms with Gasteiger partial charge < -0.3 is 20.3 Å². The van der Waals surface area contributed by atoms with E-state index in [1.807, 2.05) is 6.92 Å². The Kier molecular flexibility index (Phi) is 5.79. The van der Waals surface area contributed by atoms with E-state index in [1.165, 1.54) is 12.8 Å². The minimum absolute atomic E-state index is 0.00328. The van der Waals surface area contributed by atoms with Crippen molar-refractivity contribution in [3.63, 3.8) is 0 Å². The van der Waals surface area contributed by atoms with Gasteiger partial charge in [0, 0.05) is 19.1 Å². The number of carbonyl (C=O) groups is 2. The van der Waals surface area contributed by atoms with Gasteiger partial charge in [-0.3, -0.25) is 9.59 Å². The van der Waals surface area contributed by atoms with Gasteiger partial charge in [-0.05, 0) is 19.8 Å². The Labute approximate surface area is 120 Å². The molecule has 6 nitrogen and oxygen atoms in total. The Bertz CT molecular complexity index is 343. The molecule has 0 aromatic heterocycles. The summed E-state index contributed by atoms with van der Waals surface area (Å²) < 4.78 is 5.33. The number of hydrogen-bond acceptors (Lipinski definition) is 4. The van der Waals surface area contributed by atoms with Crippen molar-refractivity contribution < 1.29 is 14.3 Å². The minimum Gasteiger partial charge on any atom is -0.377 e. The van der Waals surface area contributed by atoms with E-state index in [0.717, 1.165) is 12.8 Å². The lowest BCUT2D eigenvalue weighted by molar-refractivity contribution is -0.147. The number of nitrogens with zero attached hydrogens (tertiary/aromatic N) is 1. The predicted octanol–water partition coefficient (Wildman–Crippen LogP) is -0.118. The summed E-state index contributed by atoms with van der Waals surface area (Å²) >= 11 is 0. The van der Waals surface area contributed by atoms with Crippen molar-refractivity contribution in [1.82, 2.24) is 15.5 Å². The molecular weight excluding hydrogens is 258 g/mol. The van der Waals surface area contributed by atoms with Crippen molar-refractivity contribution in [2.24, 2.45) is 0 Å². The van der Waals surface area contributed by atoms with Crippen molar-refractivity contribution in [3.8, 4) is 0 Å². The van der Waals surface area contributed by atoms with Crippen LogP contribution in [-0.4, -0.2) is 61.6 Å². The second-order valence-electron chi connectivity index (χ2n) is 5.43. The fraction of sp³-hybridized carbons (Fsp3) is 0.857. The maximum Gasteiger partial charge on any atom is 0.245 e. The molecule has 1 saturated heterocycles. The minimum atomic E-state index is -0.485. The number of nitrogens with one attached hydrogen (secondary N) is 2. The summed E-state index contributed by atoms with van der Waals surface area (Å²) in [7, 11) is 0. The van der Waals surface area contributed by atoms with Gasteiger partial charge in [-0.25, -0.2) is 0 Å². The fourth-order valence-corrected chi connectivity index (χ4v) is 2.87. The molecule has 2 aliphatic rings. The molecule has 1 saturated carbocycles. The van der Waals surface area contributed by atoms with Gasteiger partial charge in [0.2, 0.25) is 11.8 Å². The van der Waals surface area contributed by atoms with Crippen LogP contribution in [0.3, 0.4) is 0 Å². The zero-order valence-electron chi connectivity index (χ0n) is 12.2. The molecule has 2 fully saturated rings. The van der Waals surface area contributed by atoms with Crippen LogP contribution in [0.4, 0.5) is 0 Å². The lowest BCUT2D eigenvalue weighted by Gasteiger charge is -2.34. The molecule has 1 heterocycles. The first-order chi connectivity index (χ1) is 9.72. The first-order valence-corrected chi connectivity index (χ1v) is 7.60. The third-order valence-electron chi connectivity index (χ3n) is 4.00. The first kappa shape index (κ1) is 15.3. The van der Waals surface area contributed by atoms with Crippen molar-refractivity contribution in [3.05, 3.63) is 0 Å². The lowest BCUT2D eigenvalue weighted by Crippen LogP contribution is -2.57. The van der Waals surface area contributed by atoms with E-state index in [4.69, 9.17) is 4.74 Å². The van der Waals surface area contributed by atoms with Crippen LogP contribution in [-0.2, 0) is 14.3 Å². The number of amides is 2. The molecule has 1 unspecified atom stereocenters. The first-order valence-electron chi connectivity index (χ1n) is 7.60. The van der Waals surface area contributed by atoms with E-state index >= 15 is 0 Å². The summed E-state index contributed by atoms with van der Waals surface area (Å²) in [6.45, 7) is 4.05. The molecule has 2 N–H and O–H groups in total. The maximum absolute atomic E-state index is 12.3. The summed E-state index contributed by atoms with van der Waals surface area (Å²) in [5, 5.41) is 6.07. The third kappa shape index (κ3) is 3.93. The van der Waals surface area contributed by atoms with E-state index in [-0.39, 0.29) is 11.8 Å². The molecule has 2 rings (SSSR count). The van der Waals surface area contributed by atoms with Gasteiger partial charge in [0.1, 0.15) is 6.04 Å². The average Bonchev–Trinajstić information content (AvgIpc) is 2.98. The molecule has 0 radical (unpaired) electrons. The summed E-state index contributed by atoms with van der Waals surface area (Å²) in [6.07, 6.45) is 4.78. The zero-order valence-corrected chi connectivity index (χ0v) is 12.2. The molecule has 1 aliphatic carbocycles. The van der Waals surface area contributed by atoms with Gasteiger partial charge in [-0.15, -0.1) is 0 Å². The highest BCUT2D eigenvalue weighted by Gasteiger charge is 2.32. The second kappa shape index (κ2) is 7.59. The Morgan fingerprint density at radius 2 is 2.05 bits per heavy atom. The van der Waals surface area contributed by atoms with Crippen molar-refractivity contribution in [2.75, 3.05) is 32.8 Å². The summed E-state index contributed by atoms with van der Waals surface area (Å²) in [6, 6.07) is -0.0236. The van der Waals surface area contributed by atoms with Crippen LogP contribution in [0, 0.1) is 0 Å². The molecule has 2 amide bonds. The molecule has 0 bridgehead atoms. The third-order valence-corrected chi connectivity index (χ3v) is 4.00. The summed E-state index contributed by atoms with van der Waals surface area (Å²) in [5.74, 6) is -0.127. The van der Waals surface area contributed by atoms with E-state index < -0.39 is 6.04 Å². The summed E-state index contributed by atoms with van der Waals surface area (Å²) in [4.78, 5) is 25.9. The molecule has 20 heavy (non-hydrogen) atoms. The Morgan fingerprint density at radius 1 is 1.30 bits per heavy atom. The number of ether oxygens (including phenoxy) is 1. The smallest absolute Gasteiger partial charge is 0.245 e. The van der Waals surface area contributed by atoms with Gasteiger partial charge in [0.05, 0.1) is 19.8 Å². The van der Waals surface area contributed by atoms with Crippen LogP contribution in [0.15, 0.2) is 0 Å². The molecule has 114 valence electrons. The molecule has 0 spiro atoms. The largest absolute Gasteiger partial charge is 0.377 e. The molecule has 0 aromatic carbocycles. The van der Waals surface area contributed by atoms with Crippen LogP contribution >= 0.6 is 0 Å². The Morgan fingerprint density at radius 3 is 2.75 bits per heavy atom. The van der Waals surface area contributed by atoms with E-state index in [1.54, 1.807) is 4.90 Å². The van der Waals surface area contributed by atoms with Crippen molar-refractivity contribution in [1.29, 1.82) is 0 Å². The fourth-order valence-electron chi connectivity index (χ4n) is 2.87. The van der Waals surface area contributed by atoms with E-state index in [9.17, 15) is 9.59 Å². The lowest BCUT2D eigenvalue weighted by atomic mass is 10.2. The number of likely N-dealkylation sites (N-methyl/N-ethyl adjacent to an activating group) is 1. The quantitative estimate of drug-likeness (QED) is 0.738. The monoisotopic (exact) mass is 283 g/mol. The van der Waals surface area contributed by atoms with Crippen LogP contribution in [0.1, 0.15) is 32.6 Å². The highest BCUT2D eigenvalue weighted by molar-refractivity contribution is 5.88. The van der Waals surface area contributed by atoms with Gasteiger partial charge in [0.25, 0.3) is 0 Å². The number of hydrogen-bond donors (Lipinski definition) is 2. The van der Waals surface area contributed by atoms with Gasteiger partial charge in [-0.2, -0.15) is 0 Å². The zero-order chi connectivity index (χ0) is 14.4. The van der Waals surface area contributed by atoms with Gasteiger partial charge in [-0.1, -0.05) is 12.8 Å². The number of morpholine rings is 1. The van der Waals surface area contributed by atoms with Crippen LogP contribution in [0.5, 0.6) is 0 Å². The molecule has 1 atom stereocenters. The topological polar surface area (TPSA) is 70.7 Å².